The summed E-state index contributed by atoms with van der Waals surface area (Å²) < 4.78 is 26.3. The Bertz CT molecular complexity index is 1880. The van der Waals surface area contributed by atoms with Gasteiger partial charge in [0, 0.05) is 21.9 Å². The van der Waals surface area contributed by atoms with Gasteiger partial charge >= 0.3 is 7.60 Å². The van der Waals surface area contributed by atoms with E-state index in [1.54, 1.807) is 19.9 Å². The summed E-state index contributed by atoms with van der Waals surface area (Å²) in [6.07, 6.45) is 1.59. The van der Waals surface area contributed by atoms with Crippen LogP contribution < -0.4 is 0 Å². The molecular weight excluding hydrogens is 515 g/mol. The van der Waals surface area contributed by atoms with Crippen molar-refractivity contribution in [3.8, 4) is 22.9 Å². The van der Waals surface area contributed by atoms with Gasteiger partial charge in [-0.2, -0.15) is 5.26 Å². The molecule has 6 heteroatoms. The molecule has 40 heavy (non-hydrogen) atoms. The summed E-state index contributed by atoms with van der Waals surface area (Å²) in [5.74, 6) is 0. The molecule has 0 fully saturated rings. The second-order valence-electron chi connectivity index (χ2n) is 10.5. The van der Waals surface area contributed by atoms with E-state index in [0.717, 1.165) is 22.3 Å². The Hall–Kier alpha value is -3.94. The van der Waals surface area contributed by atoms with E-state index in [9.17, 15) is 9.83 Å². The predicted octanol–water partition coefficient (Wildman–Crippen LogP) is 9.22. The number of allylic oxidation sites excluding steroid dienone is 1. The number of hydrogen-bond donors (Lipinski definition) is 0. The predicted molar refractivity (Wildman–Crippen MR) is 163 cm³/mol. The largest absolute Gasteiger partial charge is 0.371 e. The Morgan fingerprint density at radius 2 is 1.52 bits per heavy atom. The lowest BCUT2D eigenvalue weighted by atomic mass is 9.82. The molecule has 4 aromatic carbocycles. The second-order valence-corrected chi connectivity index (χ2v) is 12.5. The van der Waals surface area contributed by atoms with Crippen LogP contribution in [0.2, 0.25) is 0 Å². The molecule has 1 aliphatic carbocycles. The van der Waals surface area contributed by atoms with Crippen LogP contribution in [0.15, 0.2) is 90.2 Å². The van der Waals surface area contributed by atoms with Crippen LogP contribution in [0.4, 0.5) is 0 Å². The minimum atomic E-state index is -3.67. The highest BCUT2D eigenvalue weighted by Crippen LogP contribution is 2.56. The molecule has 0 aliphatic heterocycles. The summed E-state index contributed by atoms with van der Waals surface area (Å²) in [5, 5.41) is 12.2. The molecule has 5 nitrogen and oxygen atoms in total. The minimum Gasteiger partial charge on any atom is -0.309 e. The third-order valence-corrected chi connectivity index (χ3v) is 9.85. The van der Waals surface area contributed by atoms with E-state index in [4.69, 9.17) is 9.05 Å². The molecule has 0 radical (unpaired) electrons. The summed E-state index contributed by atoms with van der Waals surface area (Å²) in [7, 11) is -3.67. The number of para-hydroxylation sites is 1. The fourth-order valence-corrected chi connectivity index (χ4v) is 7.47. The van der Waals surface area contributed by atoms with Crippen LogP contribution in [0.25, 0.3) is 44.7 Å². The summed E-state index contributed by atoms with van der Waals surface area (Å²) >= 11 is 0. The maximum Gasteiger partial charge on any atom is 0.371 e. The standard InChI is InChI=1S/C34H31N2O3P/c1-5-38-40(37,39-6-2)25(22-35)19-23-15-17-24(18-16-23)36-32-14-10-8-12-27(32)29-20-28-26-11-7-9-13-30(26)34(3,4)31(28)21-33(29)36/h7-21H,5-6H2,1-4H3. The first-order chi connectivity index (χ1) is 19.3. The van der Waals surface area contributed by atoms with E-state index in [1.165, 1.54) is 33.0 Å². The molecule has 0 atom stereocenters. The molecule has 1 heterocycles. The van der Waals surface area contributed by atoms with Crippen LogP contribution in [0, 0.1) is 11.3 Å². The molecule has 0 unspecified atom stereocenters. The van der Waals surface area contributed by atoms with E-state index in [0.29, 0.717) is 0 Å². The molecule has 0 saturated carbocycles. The fraction of sp³-hybridized carbons (Fsp3) is 0.206. The van der Waals surface area contributed by atoms with Gasteiger partial charge in [-0.05, 0) is 78.1 Å². The number of nitriles is 1. The average molecular weight is 547 g/mol. The highest BCUT2D eigenvalue weighted by Gasteiger charge is 2.36. The SMILES string of the molecule is CCOP(=O)(OCC)C(C#N)=Cc1ccc(-n2c3ccccc3c3cc4c(cc32)C(C)(C)c2ccccc2-4)cc1. The Kier molecular flexibility index (Phi) is 6.51. The third kappa shape index (κ3) is 4.03. The van der Waals surface area contributed by atoms with Crippen LogP contribution in [0.1, 0.15) is 44.4 Å². The van der Waals surface area contributed by atoms with Crippen molar-refractivity contribution in [1.29, 1.82) is 5.26 Å². The van der Waals surface area contributed by atoms with E-state index in [2.05, 4.69) is 79.1 Å². The van der Waals surface area contributed by atoms with Crippen molar-refractivity contribution in [2.75, 3.05) is 13.2 Å². The molecule has 5 aromatic rings. The van der Waals surface area contributed by atoms with Crippen molar-refractivity contribution < 1.29 is 13.6 Å². The van der Waals surface area contributed by atoms with Crippen molar-refractivity contribution in [1.82, 2.24) is 4.57 Å². The zero-order valence-electron chi connectivity index (χ0n) is 23.1. The average Bonchev–Trinajstić information content (AvgIpc) is 3.40. The molecule has 0 N–H and O–H groups in total. The first kappa shape index (κ1) is 26.3. The molecule has 0 spiro atoms. The van der Waals surface area contributed by atoms with Crippen LogP contribution in [0.5, 0.6) is 0 Å². The summed E-state index contributed by atoms with van der Waals surface area (Å²) in [6, 6.07) is 31.9. The van der Waals surface area contributed by atoms with Crippen LogP contribution in [0.3, 0.4) is 0 Å². The zero-order valence-corrected chi connectivity index (χ0v) is 24.0. The maximum absolute atomic E-state index is 13.2. The van der Waals surface area contributed by atoms with Gasteiger partial charge in [0.1, 0.15) is 11.4 Å². The lowest BCUT2D eigenvalue weighted by molar-refractivity contribution is 0.227. The molecule has 0 saturated heterocycles. The molecule has 1 aromatic heterocycles. The van der Waals surface area contributed by atoms with Crippen molar-refractivity contribution in [2.24, 2.45) is 0 Å². The lowest BCUT2D eigenvalue weighted by Crippen LogP contribution is -2.14. The number of fused-ring (bicyclic) bond motifs is 6. The Balaban J connectivity index is 1.50. The van der Waals surface area contributed by atoms with Gasteiger partial charge in [0.15, 0.2) is 0 Å². The Labute approximate surface area is 234 Å². The van der Waals surface area contributed by atoms with Gasteiger partial charge < -0.3 is 13.6 Å². The summed E-state index contributed by atoms with van der Waals surface area (Å²) in [6.45, 7) is 8.44. The highest BCUT2D eigenvalue weighted by atomic mass is 31.2. The molecular formula is C34H31N2O3P. The van der Waals surface area contributed by atoms with Crippen molar-refractivity contribution in [2.45, 2.75) is 33.1 Å². The van der Waals surface area contributed by atoms with E-state index >= 15 is 0 Å². The Morgan fingerprint density at radius 1 is 0.850 bits per heavy atom. The normalized spacial score (nSPS) is 14.3. The van der Waals surface area contributed by atoms with Gasteiger partial charge in [0.25, 0.3) is 0 Å². The Morgan fingerprint density at radius 3 is 2.23 bits per heavy atom. The van der Waals surface area contributed by atoms with E-state index < -0.39 is 7.60 Å². The van der Waals surface area contributed by atoms with Crippen molar-refractivity contribution in [3.63, 3.8) is 0 Å². The van der Waals surface area contributed by atoms with Gasteiger partial charge in [0.2, 0.25) is 0 Å². The number of aromatic nitrogens is 1. The second kappa shape index (κ2) is 9.91. The van der Waals surface area contributed by atoms with Gasteiger partial charge in [-0.25, -0.2) is 0 Å². The lowest BCUT2D eigenvalue weighted by Gasteiger charge is -2.21. The molecule has 0 amide bonds. The van der Waals surface area contributed by atoms with Crippen LogP contribution >= 0.6 is 7.60 Å². The minimum absolute atomic E-state index is 0.00169. The number of nitrogens with zero attached hydrogens (tertiary/aromatic N) is 2. The number of rotatable bonds is 7. The van der Waals surface area contributed by atoms with E-state index in [1.807, 2.05) is 30.3 Å². The van der Waals surface area contributed by atoms with Crippen molar-refractivity contribution >= 4 is 35.5 Å². The zero-order chi connectivity index (χ0) is 28.1. The fourth-order valence-electron chi connectivity index (χ4n) is 6.01. The van der Waals surface area contributed by atoms with Gasteiger partial charge in [-0.15, -0.1) is 0 Å². The molecule has 0 bridgehead atoms. The van der Waals surface area contributed by atoms with Gasteiger partial charge in [-0.1, -0.05) is 68.4 Å². The van der Waals surface area contributed by atoms with E-state index in [-0.39, 0.29) is 23.9 Å². The smallest absolute Gasteiger partial charge is 0.309 e. The topological polar surface area (TPSA) is 64.2 Å². The number of hydrogen-bond acceptors (Lipinski definition) is 4. The van der Waals surface area contributed by atoms with Gasteiger partial charge in [-0.3, -0.25) is 4.57 Å². The van der Waals surface area contributed by atoms with Crippen LogP contribution in [-0.4, -0.2) is 17.8 Å². The van der Waals surface area contributed by atoms with Crippen LogP contribution in [-0.2, 0) is 19.0 Å². The van der Waals surface area contributed by atoms with Crippen molar-refractivity contribution in [3.05, 3.63) is 107 Å². The summed E-state index contributed by atoms with van der Waals surface area (Å²) in [5.41, 5.74) is 9.23. The summed E-state index contributed by atoms with van der Waals surface area (Å²) in [4.78, 5) is 0. The quantitative estimate of drug-likeness (QED) is 0.151. The molecule has 6 rings (SSSR count). The number of benzene rings is 4. The third-order valence-electron chi connectivity index (χ3n) is 7.84. The first-order valence-corrected chi connectivity index (χ1v) is 15.2. The molecule has 200 valence electrons. The van der Waals surface area contributed by atoms with Gasteiger partial charge in [0.05, 0.1) is 24.2 Å². The highest BCUT2D eigenvalue weighted by molar-refractivity contribution is 7.59. The molecule has 1 aliphatic rings. The maximum atomic E-state index is 13.2. The monoisotopic (exact) mass is 546 g/mol. The first-order valence-electron chi connectivity index (χ1n) is 13.6.